The second-order valence-corrected chi connectivity index (χ2v) is 9.85. The van der Waals surface area contributed by atoms with Gasteiger partial charge in [-0.05, 0) is 74.1 Å². The number of carbonyl (C=O) groups excluding carboxylic acids is 1. The van der Waals surface area contributed by atoms with E-state index in [1.54, 1.807) is 11.3 Å². The van der Waals surface area contributed by atoms with Crippen molar-refractivity contribution in [3.63, 3.8) is 0 Å². The predicted molar refractivity (Wildman–Crippen MR) is 113 cm³/mol. The topological polar surface area (TPSA) is 45.2 Å². The maximum absolute atomic E-state index is 12.6. The number of carbonyl (C=O) groups is 1. The largest absolute Gasteiger partial charge is 0.353 e. The average molecular weight is 396 g/mol. The van der Waals surface area contributed by atoms with E-state index >= 15 is 0 Å². The Morgan fingerprint density at radius 3 is 2.79 bits per heavy atom. The van der Waals surface area contributed by atoms with Crippen molar-refractivity contribution >= 4 is 17.2 Å². The van der Waals surface area contributed by atoms with Crippen molar-refractivity contribution in [1.82, 2.24) is 15.2 Å². The fourth-order valence-corrected chi connectivity index (χ4v) is 6.07. The molecule has 1 N–H and O–H groups in total. The maximum atomic E-state index is 12.6. The van der Waals surface area contributed by atoms with Crippen molar-refractivity contribution in [1.29, 1.82) is 0 Å². The minimum absolute atomic E-state index is 0.253. The summed E-state index contributed by atoms with van der Waals surface area (Å²) in [6, 6.07) is 9.36. The average Bonchev–Trinajstić information content (AvgIpc) is 3.28. The molecule has 2 aliphatic carbocycles. The number of likely N-dealkylation sites (tertiary alicyclic amines) is 1. The van der Waals surface area contributed by atoms with Gasteiger partial charge in [-0.25, -0.2) is 4.98 Å². The van der Waals surface area contributed by atoms with Gasteiger partial charge < -0.3 is 5.32 Å². The minimum Gasteiger partial charge on any atom is -0.353 e. The van der Waals surface area contributed by atoms with Gasteiger partial charge in [0.25, 0.3) is 0 Å². The number of fused-ring (bicyclic) bond motifs is 2. The zero-order chi connectivity index (χ0) is 19.0. The summed E-state index contributed by atoms with van der Waals surface area (Å²) < 4.78 is 0. The molecule has 1 spiro atoms. The number of aromatic nitrogens is 1. The third-order valence-corrected chi connectivity index (χ3v) is 7.93. The van der Waals surface area contributed by atoms with E-state index in [9.17, 15) is 4.79 Å². The second-order valence-electron chi connectivity index (χ2n) is 8.87. The van der Waals surface area contributed by atoms with E-state index in [4.69, 9.17) is 0 Å². The normalized spacial score (nSPS) is 24.1. The van der Waals surface area contributed by atoms with Crippen LogP contribution in [0.4, 0.5) is 0 Å². The maximum Gasteiger partial charge on any atom is 0.220 e. The molecule has 148 valence electrons. The molecule has 2 fully saturated rings. The third-order valence-electron chi connectivity index (χ3n) is 7.17. The second kappa shape index (κ2) is 7.60. The van der Waals surface area contributed by atoms with Crippen molar-refractivity contribution < 1.29 is 4.79 Å². The van der Waals surface area contributed by atoms with Crippen LogP contribution in [0.1, 0.15) is 67.0 Å². The number of amides is 1. The molecule has 28 heavy (non-hydrogen) atoms. The summed E-state index contributed by atoms with van der Waals surface area (Å²) in [5.74, 6) is 0.629. The number of rotatable bonds is 5. The molecule has 1 aromatic heterocycles. The van der Waals surface area contributed by atoms with Crippen LogP contribution >= 0.6 is 11.3 Å². The van der Waals surface area contributed by atoms with Gasteiger partial charge in [-0.15, -0.1) is 11.3 Å². The highest BCUT2D eigenvalue weighted by molar-refractivity contribution is 7.09. The number of piperidine rings is 1. The van der Waals surface area contributed by atoms with Crippen LogP contribution in [-0.4, -0.2) is 34.9 Å². The number of hydrogen-bond donors (Lipinski definition) is 1. The van der Waals surface area contributed by atoms with E-state index < -0.39 is 0 Å². The molecule has 2 aromatic rings. The Hall–Kier alpha value is -1.72. The third kappa shape index (κ3) is 3.50. The fraction of sp³-hybridized carbons (Fsp3) is 0.565. The molecule has 2 heterocycles. The standard InChI is InChI=1S/C23H29N3OS/c27-21(25-18-4-3-5-18)14-17-15-23(20-7-2-1-6-19(17)20)8-11-26(12-9-23)16-22-24-10-13-28-22/h1-2,6-7,10,13,17-18H,3-5,8-9,11-12,14-16H2,(H,25,27). The molecule has 3 aliphatic rings. The molecule has 1 unspecified atom stereocenters. The molecular formula is C23H29N3OS. The van der Waals surface area contributed by atoms with E-state index in [-0.39, 0.29) is 11.3 Å². The SMILES string of the molecule is O=C(CC1CC2(CCN(Cc3nccs3)CC2)c2ccccc21)NC1CCC1. The smallest absolute Gasteiger partial charge is 0.220 e. The first-order valence-electron chi connectivity index (χ1n) is 10.7. The quantitative estimate of drug-likeness (QED) is 0.824. The summed E-state index contributed by atoms with van der Waals surface area (Å²) in [6.45, 7) is 3.21. The van der Waals surface area contributed by atoms with Gasteiger partial charge >= 0.3 is 0 Å². The summed E-state index contributed by atoms with van der Waals surface area (Å²) in [5.41, 5.74) is 3.21. The van der Waals surface area contributed by atoms with E-state index in [1.165, 1.54) is 35.4 Å². The van der Waals surface area contributed by atoms with E-state index in [0.29, 0.717) is 18.4 Å². The highest BCUT2D eigenvalue weighted by Crippen LogP contribution is 2.52. The summed E-state index contributed by atoms with van der Waals surface area (Å²) in [6.07, 6.45) is 9.65. The molecule has 5 heteroatoms. The van der Waals surface area contributed by atoms with Crippen LogP contribution in [0.3, 0.4) is 0 Å². The molecule has 1 saturated heterocycles. The van der Waals surface area contributed by atoms with E-state index in [2.05, 4.69) is 44.8 Å². The monoisotopic (exact) mass is 395 g/mol. The first kappa shape index (κ1) is 18.3. The number of benzene rings is 1. The van der Waals surface area contributed by atoms with Crippen LogP contribution in [0.25, 0.3) is 0 Å². The van der Waals surface area contributed by atoms with E-state index in [1.807, 2.05) is 6.20 Å². The minimum atomic E-state index is 0.253. The Morgan fingerprint density at radius 2 is 2.07 bits per heavy atom. The van der Waals surface area contributed by atoms with Crippen LogP contribution in [0.5, 0.6) is 0 Å². The van der Waals surface area contributed by atoms with Gasteiger partial charge in [0.05, 0.1) is 6.54 Å². The van der Waals surface area contributed by atoms with Crippen molar-refractivity contribution in [2.24, 2.45) is 0 Å². The lowest BCUT2D eigenvalue weighted by Gasteiger charge is -2.40. The van der Waals surface area contributed by atoms with Crippen molar-refractivity contribution in [2.75, 3.05) is 13.1 Å². The number of thiazole rings is 1. The first-order chi connectivity index (χ1) is 13.7. The van der Waals surface area contributed by atoms with Crippen LogP contribution in [-0.2, 0) is 16.8 Å². The Balaban J connectivity index is 1.27. The van der Waals surface area contributed by atoms with Crippen molar-refractivity contribution in [2.45, 2.75) is 68.9 Å². The lowest BCUT2D eigenvalue weighted by molar-refractivity contribution is -0.122. The summed E-state index contributed by atoms with van der Waals surface area (Å²) in [7, 11) is 0. The molecular weight excluding hydrogens is 366 g/mol. The van der Waals surface area contributed by atoms with Crippen LogP contribution < -0.4 is 5.32 Å². The number of nitrogens with one attached hydrogen (secondary N) is 1. The molecule has 1 saturated carbocycles. The first-order valence-corrected chi connectivity index (χ1v) is 11.6. The lowest BCUT2D eigenvalue weighted by Crippen LogP contribution is -2.41. The molecule has 0 bridgehead atoms. The highest BCUT2D eigenvalue weighted by atomic mass is 32.1. The van der Waals surface area contributed by atoms with Crippen LogP contribution in [0.15, 0.2) is 35.8 Å². The molecule has 1 amide bonds. The number of nitrogens with zero attached hydrogens (tertiary/aromatic N) is 2. The molecule has 1 aliphatic heterocycles. The summed E-state index contributed by atoms with van der Waals surface area (Å²) in [4.78, 5) is 19.6. The highest BCUT2D eigenvalue weighted by Gasteiger charge is 2.45. The zero-order valence-corrected chi connectivity index (χ0v) is 17.2. The van der Waals surface area contributed by atoms with Gasteiger partial charge in [0.2, 0.25) is 5.91 Å². The zero-order valence-electron chi connectivity index (χ0n) is 16.4. The van der Waals surface area contributed by atoms with Gasteiger partial charge in [0, 0.05) is 24.0 Å². The molecule has 1 atom stereocenters. The van der Waals surface area contributed by atoms with Gasteiger partial charge in [-0.1, -0.05) is 24.3 Å². The molecule has 0 radical (unpaired) electrons. The van der Waals surface area contributed by atoms with Gasteiger partial charge in [-0.2, -0.15) is 0 Å². The van der Waals surface area contributed by atoms with E-state index in [0.717, 1.165) is 38.9 Å². The predicted octanol–water partition coefficient (Wildman–Crippen LogP) is 4.22. The Labute approximate surface area is 171 Å². The lowest BCUT2D eigenvalue weighted by atomic mass is 9.73. The Morgan fingerprint density at radius 1 is 1.25 bits per heavy atom. The molecule has 1 aromatic carbocycles. The molecule has 4 nitrogen and oxygen atoms in total. The van der Waals surface area contributed by atoms with Crippen LogP contribution in [0.2, 0.25) is 0 Å². The fourth-order valence-electron chi connectivity index (χ4n) is 5.41. The Bertz CT molecular complexity index is 822. The summed E-state index contributed by atoms with van der Waals surface area (Å²) >= 11 is 1.75. The van der Waals surface area contributed by atoms with Crippen molar-refractivity contribution in [3.8, 4) is 0 Å². The molecule has 5 rings (SSSR count). The summed E-state index contributed by atoms with van der Waals surface area (Å²) in [5, 5.41) is 6.52. The number of hydrogen-bond acceptors (Lipinski definition) is 4. The van der Waals surface area contributed by atoms with Gasteiger partial charge in [0.15, 0.2) is 0 Å². The Kier molecular flexibility index (Phi) is 4.97. The van der Waals surface area contributed by atoms with Crippen LogP contribution in [0, 0.1) is 0 Å². The van der Waals surface area contributed by atoms with Crippen molar-refractivity contribution in [3.05, 3.63) is 52.0 Å². The van der Waals surface area contributed by atoms with Gasteiger partial charge in [-0.3, -0.25) is 9.69 Å². The van der Waals surface area contributed by atoms with Gasteiger partial charge in [0.1, 0.15) is 5.01 Å².